The lowest BCUT2D eigenvalue weighted by Gasteiger charge is -1.65. The van der Waals surface area contributed by atoms with Crippen molar-refractivity contribution in [1.82, 2.24) is 0 Å². The normalized spacial score (nSPS) is 20.8. The fourth-order valence-corrected chi connectivity index (χ4v) is 1.12. The minimum atomic E-state index is 1.64. The van der Waals surface area contributed by atoms with Gasteiger partial charge in [0.1, 0.15) is 5.88 Å². The van der Waals surface area contributed by atoms with E-state index in [1.807, 2.05) is 11.4 Å². The van der Waals surface area contributed by atoms with E-state index in [0.717, 1.165) is 0 Å². The Morgan fingerprint density at radius 1 is 1.40 bits per heavy atom. The Labute approximate surface area is 38.6 Å². The first-order valence-corrected chi connectivity index (χ1v) is 3.43. The molecule has 1 radical (unpaired) electrons. The minimum absolute atomic E-state index is 1.64. The molecule has 1 aliphatic heterocycles. The van der Waals surface area contributed by atoms with E-state index >= 15 is 0 Å². The number of aliphatic imine (C=N–C) groups is 1. The fraction of sp³-hybridized carbons (Fsp3) is 0. The minimum Gasteiger partial charge on any atom is -0.267 e. The van der Waals surface area contributed by atoms with Gasteiger partial charge in [0, 0.05) is 0 Å². The largest absolute Gasteiger partial charge is 0.267 e. The number of nitrogens with zero attached hydrogens (tertiary/aromatic N) is 1. The summed E-state index contributed by atoms with van der Waals surface area (Å²) in [5.74, 6) is 1.81. The first kappa shape index (κ1) is 3.56. The van der Waals surface area contributed by atoms with Crippen LogP contribution in [0, 0.1) is 5.88 Å². The second-order valence-electron chi connectivity index (χ2n) is 0.552. The van der Waals surface area contributed by atoms with Crippen molar-refractivity contribution < 1.29 is 0 Å². The Kier molecular flexibility index (Phi) is 1.22. The molecule has 1 aliphatic rings. The molecule has 5 heavy (non-hydrogen) atoms. The fourth-order valence-electron chi connectivity index (χ4n) is 0.124. The standard InChI is InChI=1S/C2H2NS2/c1-3-2-5-4-1/h1-2H. The van der Waals surface area contributed by atoms with Gasteiger partial charge in [0.05, 0.1) is 5.55 Å². The van der Waals surface area contributed by atoms with Crippen LogP contribution in [0.1, 0.15) is 0 Å². The molecule has 0 aromatic carbocycles. The molecule has 0 N–H and O–H groups in total. The Balaban J connectivity index is 2.32. The van der Waals surface area contributed by atoms with E-state index in [1.165, 1.54) is 0 Å². The molecule has 0 saturated carbocycles. The van der Waals surface area contributed by atoms with Gasteiger partial charge in [-0.25, -0.2) is 0 Å². The van der Waals surface area contributed by atoms with Crippen LogP contribution in [0.15, 0.2) is 4.99 Å². The smallest absolute Gasteiger partial charge is 0.139 e. The van der Waals surface area contributed by atoms with Crippen LogP contribution >= 0.6 is 21.6 Å². The predicted octanol–water partition coefficient (Wildman–Crippen LogP) is 1.53. The summed E-state index contributed by atoms with van der Waals surface area (Å²) < 4.78 is 0. The van der Waals surface area contributed by atoms with Gasteiger partial charge in [-0.15, -0.1) is 0 Å². The molecule has 1 heterocycles. The Morgan fingerprint density at radius 2 is 2.40 bits per heavy atom. The molecule has 0 spiro atoms. The first-order chi connectivity index (χ1) is 2.50. The topological polar surface area (TPSA) is 12.4 Å². The quantitative estimate of drug-likeness (QED) is 0.432. The SMILES string of the molecule is [CH]1N=CSS1. The monoisotopic (exact) mass is 104 g/mol. The van der Waals surface area contributed by atoms with E-state index in [1.54, 1.807) is 21.6 Å². The van der Waals surface area contributed by atoms with Crippen LogP contribution in [0.2, 0.25) is 0 Å². The van der Waals surface area contributed by atoms with Gasteiger partial charge >= 0.3 is 0 Å². The molecule has 0 fully saturated rings. The maximum absolute atomic E-state index is 3.76. The maximum Gasteiger partial charge on any atom is 0.139 e. The summed E-state index contributed by atoms with van der Waals surface area (Å²) in [7, 11) is 3.29. The van der Waals surface area contributed by atoms with Crippen molar-refractivity contribution in [1.29, 1.82) is 0 Å². The van der Waals surface area contributed by atoms with E-state index in [4.69, 9.17) is 0 Å². The number of hydrogen-bond acceptors (Lipinski definition) is 3. The van der Waals surface area contributed by atoms with Gasteiger partial charge in [-0.1, -0.05) is 10.8 Å². The lowest BCUT2D eigenvalue weighted by Crippen LogP contribution is -1.37. The third-order valence-corrected chi connectivity index (χ3v) is 1.64. The molecule has 0 unspecified atom stereocenters. The van der Waals surface area contributed by atoms with Crippen molar-refractivity contribution in [2.45, 2.75) is 0 Å². The first-order valence-electron chi connectivity index (χ1n) is 1.15. The third-order valence-electron chi connectivity index (χ3n) is 0.263. The van der Waals surface area contributed by atoms with Crippen molar-refractivity contribution in [3.05, 3.63) is 5.88 Å². The van der Waals surface area contributed by atoms with Gasteiger partial charge in [0.15, 0.2) is 0 Å². The molecule has 0 saturated heterocycles. The number of rotatable bonds is 0. The van der Waals surface area contributed by atoms with Gasteiger partial charge in [0.25, 0.3) is 0 Å². The highest BCUT2D eigenvalue weighted by atomic mass is 33.1. The molecule has 27 valence electrons. The van der Waals surface area contributed by atoms with Crippen LogP contribution in [0.3, 0.4) is 0 Å². The lowest BCUT2D eigenvalue weighted by molar-refractivity contribution is 1.60. The van der Waals surface area contributed by atoms with Gasteiger partial charge in [0.2, 0.25) is 0 Å². The molecule has 3 heteroatoms. The van der Waals surface area contributed by atoms with E-state index in [9.17, 15) is 0 Å². The van der Waals surface area contributed by atoms with Crippen molar-refractivity contribution >= 4 is 27.1 Å². The second-order valence-corrected chi connectivity index (χ2v) is 2.51. The highest BCUT2D eigenvalue weighted by Gasteiger charge is 1.88. The van der Waals surface area contributed by atoms with Crippen molar-refractivity contribution in [2.24, 2.45) is 4.99 Å². The highest BCUT2D eigenvalue weighted by Crippen LogP contribution is 2.27. The van der Waals surface area contributed by atoms with Crippen LogP contribution in [0.4, 0.5) is 0 Å². The van der Waals surface area contributed by atoms with Crippen LogP contribution in [0.25, 0.3) is 0 Å². The molecule has 0 aromatic heterocycles. The van der Waals surface area contributed by atoms with Crippen LogP contribution in [-0.4, -0.2) is 5.55 Å². The zero-order valence-electron chi connectivity index (χ0n) is 2.42. The highest BCUT2D eigenvalue weighted by molar-refractivity contribution is 8.82. The van der Waals surface area contributed by atoms with E-state index in [0.29, 0.717) is 0 Å². The summed E-state index contributed by atoms with van der Waals surface area (Å²) in [6, 6.07) is 0. The summed E-state index contributed by atoms with van der Waals surface area (Å²) >= 11 is 0. The lowest BCUT2D eigenvalue weighted by atomic mass is 11.4. The molecule has 0 amide bonds. The molecular weight excluding hydrogens is 102 g/mol. The average Bonchev–Trinajstić information content (AvgIpc) is 1.76. The third kappa shape index (κ3) is 0.851. The Morgan fingerprint density at radius 3 is 2.60 bits per heavy atom. The molecule has 1 rings (SSSR count). The van der Waals surface area contributed by atoms with Crippen molar-refractivity contribution in [3.8, 4) is 0 Å². The van der Waals surface area contributed by atoms with Gasteiger partial charge < -0.3 is 0 Å². The van der Waals surface area contributed by atoms with Crippen molar-refractivity contribution in [3.63, 3.8) is 0 Å². The Hall–Kier alpha value is 0.370. The van der Waals surface area contributed by atoms with Crippen molar-refractivity contribution in [2.75, 3.05) is 0 Å². The van der Waals surface area contributed by atoms with E-state index in [-0.39, 0.29) is 0 Å². The summed E-state index contributed by atoms with van der Waals surface area (Å²) in [5, 5.41) is 0. The zero-order chi connectivity index (χ0) is 3.54. The van der Waals surface area contributed by atoms with Crippen LogP contribution < -0.4 is 0 Å². The van der Waals surface area contributed by atoms with Gasteiger partial charge in [-0.05, 0) is 10.8 Å². The molecule has 0 atom stereocenters. The summed E-state index contributed by atoms with van der Waals surface area (Å²) in [4.78, 5) is 3.76. The Bertz CT molecular complexity index is 45.6. The average molecular weight is 104 g/mol. The molecule has 0 bridgehead atoms. The number of hydrogen-bond donors (Lipinski definition) is 0. The second kappa shape index (κ2) is 1.72. The van der Waals surface area contributed by atoms with E-state index < -0.39 is 0 Å². The van der Waals surface area contributed by atoms with Crippen LogP contribution in [-0.2, 0) is 0 Å². The molecule has 0 aliphatic carbocycles. The van der Waals surface area contributed by atoms with Crippen LogP contribution in [0.5, 0.6) is 0 Å². The molecule has 0 aromatic rings. The summed E-state index contributed by atoms with van der Waals surface area (Å²) in [6.07, 6.45) is 0. The molecule has 1 nitrogen and oxygen atoms in total. The molecular formula is C2H2NS2. The maximum atomic E-state index is 3.76. The predicted molar refractivity (Wildman–Crippen MR) is 28.0 cm³/mol. The summed E-state index contributed by atoms with van der Waals surface area (Å²) in [5.41, 5.74) is 1.81. The summed E-state index contributed by atoms with van der Waals surface area (Å²) in [6.45, 7) is 0. The van der Waals surface area contributed by atoms with Gasteiger partial charge in [-0.3, -0.25) is 4.99 Å². The zero-order valence-corrected chi connectivity index (χ0v) is 4.05. The van der Waals surface area contributed by atoms with Gasteiger partial charge in [-0.2, -0.15) is 0 Å². The van der Waals surface area contributed by atoms with E-state index in [2.05, 4.69) is 4.99 Å².